The van der Waals surface area contributed by atoms with Gasteiger partial charge in [0.1, 0.15) is 5.54 Å². The molecule has 0 bridgehead atoms. The van der Waals surface area contributed by atoms with Gasteiger partial charge in [-0.2, -0.15) is 0 Å². The number of aliphatic hydroxyl groups excluding tert-OH is 3. The van der Waals surface area contributed by atoms with Crippen LogP contribution in [-0.2, 0) is 0 Å². The Morgan fingerprint density at radius 3 is 2.28 bits per heavy atom. The van der Waals surface area contributed by atoms with E-state index < -0.39 is 31.3 Å². The Kier molecular flexibility index (Phi) is 4.92. The van der Waals surface area contributed by atoms with Gasteiger partial charge in [-0.1, -0.05) is 17.7 Å². The van der Waals surface area contributed by atoms with Gasteiger partial charge in [0.15, 0.2) is 0 Å². The molecule has 0 heterocycles. The lowest BCUT2D eigenvalue weighted by molar-refractivity contribution is 0.0376. The van der Waals surface area contributed by atoms with Gasteiger partial charge in [0.05, 0.1) is 30.4 Å². The van der Waals surface area contributed by atoms with Crippen LogP contribution >= 0.6 is 11.6 Å². The number of hydrogen-bond acceptors (Lipinski definition) is 5. The first-order chi connectivity index (χ1) is 8.49. The Hall–Kier alpha value is -1.34. The van der Waals surface area contributed by atoms with E-state index >= 15 is 0 Å². The van der Waals surface area contributed by atoms with E-state index in [9.17, 15) is 4.79 Å². The number of hydrogen-bond donors (Lipinski definition) is 5. The molecule has 0 aliphatic heterocycles. The fourth-order valence-corrected chi connectivity index (χ4v) is 1.62. The molecule has 100 valence electrons. The average molecular weight is 275 g/mol. The zero-order valence-corrected chi connectivity index (χ0v) is 10.3. The van der Waals surface area contributed by atoms with E-state index in [4.69, 9.17) is 32.7 Å². The summed E-state index contributed by atoms with van der Waals surface area (Å²) in [6.07, 6.45) is 0. The molecule has 1 aromatic carbocycles. The van der Waals surface area contributed by atoms with Crippen molar-refractivity contribution in [2.75, 3.05) is 25.6 Å². The van der Waals surface area contributed by atoms with Gasteiger partial charge in [-0.25, -0.2) is 0 Å². The summed E-state index contributed by atoms with van der Waals surface area (Å²) >= 11 is 5.85. The maximum absolute atomic E-state index is 12.0. The second kappa shape index (κ2) is 6.01. The number of rotatable bonds is 5. The van der Waals surface area contributed by atoms with Crippen LogP contribution < -0.4 is 11.1 Å². The summed E-state index contributed by atoms with van der Waals surface area (Å²) in [6.45, 7) is -1.84. The highest BCUT2D eigenvalue weighted by Gasteiger charge is 2.31. The van der Waals surface area contributed by atoms with Crippen molar-refractivity contribution in [3.05, 3.63) is 28.8 Å². The lowest BCUT2D eigenvalue weighted by Gasteiger charge is -2.29. The highest BCUT2D eigenvalue weighted by molar-refractivity contribution is 6.34. The molecule has 6 N–H and O–H groups in total. The first-order valence-corrected chi connectivity index (χ1v) is 5.56. The SMILES string of the molecule is Nc1cccc(Cl)c1C(=O)NC(CO)(CO)CO. The van der Waals surface area contributed by atoms with Crippen molar-refractivity contribution in [2.24, 2.45) is 0 Å². The summed E-state index contributed by atoms with van der Waals surface area (Å²) in [7, 11) is 0. The number of halogens is 1. The van der Waals surface area contributed by atoms with Gasteiger partial charge in [0.2, 0.25) is 0 Å². The van der Waals surface area contributed by atoms with E-state index in [1.165, 1.54) is 12.1 Å². The molecule has 0 saturated heterocycles. The second-order valence-corrected chi connectivity index (χ2v) is 4.32. The van der Waals surface area contributed by atoms with Crippen molar-refractivity contribution in [2.45, 2.75) is 5.54 Å². The number of aliphatic hydroxyl groups is 3. The van der Waals surface area contributed by atoms with Crippen molar-refractivity contribution < 1.29 is 20.1 Å². The molecule has 0 fully saturated rings. The van der Waals surface area contributed by atoms with E-state index in [-0.39, 0.29) is 16.3 Å². The molecule has 0 aliphatic carbocycles. The predicted molar refractivity (Wildman–Crippen MR) is 67.3 cm³/mol. The molecule has 0 saturated carbocycles. The van der Waals surface area contributed by atoms with Gasteiger partial charge in [-0.15, -0.1) is 0 Å². The third-order valence-electron chi connectivity index (χ3n) is 2.56. The summed E-state index contributed by atoms with van der Waals surface area (Å²) in [5.41, 5.74) is 4.33. The fourth-order valence-electron chi connectivity index (χ4n) is 1.35. The molecule has 6 nitrogen and oxygen atoms in total. The number of nitrogen functional groups attached to an aromatic ring is 1. The van der Waals surface area contributed by atoms with E-state index in [1.807, 2.05) is 0 Å². The van der Waals surface area contributed by atoms with Gasteiger partial charge in [0, 0.05) is 5.69 Å². The van der Waals surface area contributed by atoms with Crippen LogP contribution in [0.3, 0.4) is 0 Å². The Labute approximate surface area is 109 Å². The van der Waals surface area contributed by atoms with Crippen molar-refractivity contribution in [1.82, 2.24) is 5.32 Å². The van der Waals surface area contributed by atoms with Crippen molar-refractivity contribution in [3.8, 4) is 0 Å². The molecule has 7 heteroatoms. The second-order valence-electron chi connectivity index (χ2n) is 3.91. The number of nitrogens with two attached hydrogens (primary N) is 1. The summed E-state index contributed by atoms with van der Waals surface area (Å²) in [4.78, 5) is 12.0. The van der Waals surface area contributed by atoms with E-state index in [1.54, 1.807) is 6.07 Å². The van der Waals surface area contributed by atoms with Crippen LogP contribution in [0.4, 0.5) is 5.69 Å². The normalized spacial score (nSPS) is 11.3. The van der Waals surface area contributed by atoms with Crippen LogP contribution in [-0.4, -0.2) is 46.6 Å². The first kappa shape index (κ1) is 14.7. The van der Waals surface area contributed by atoms with Crippen LogP contribution in [0.25, 0.3) is 0 Å². The van der Waals surface area contributed by atoms with Crippen molar-refractivity contribution >= 4 is 23.2 Å². The largest absolute Gasteiger partial charge is 0.398 e. The minimum absolute atomic E-state index is 0.0406. The van der Waals surface area contributed by atoms with Gasteiger partial charge in [-0.3, -0.25) is 4.79 Å². The summed E-state index contributed by atoms with van der Waals surface area (Å²) in [5, 5.41) is 29.8. The molecular weight excluding hydrogens is 260 g/mol. The topological polar surface area (TPSA) is 116 Å². The fraction of sp³-hybridized carbons (Fsp3) is 0.364. The number of nitrogens with one attached hydrogen (secondary N) is 1. The number of anilines is 1. The minimum Gasteiger partial charge on any atom is -0.398 e. The van der Waals surface area contributed by atoms with Crippen LogP contribution in [0.5, 0.6) is 0 Å². The molecule has 18 heavy (non-hydrogen) atoms. The third-order valence-corrected chi connectivity index (χ3v) is 2.87. The van der Waals surface area contributed by atoms with Gasteiger partial charge < -0.3 is 26.4 Å². The average Bonchev–Trinajstić information content (AvgIpc) is 2.36. The maximum Gasteiger partial charge on any atom is 0.255 e. The number of benzene rings is 1. The molecular formula is C11H15ClN2O4. The molecule has 0 unspecified atom stereocenters. The van der Waals surface area contributed by atoms with Gasteiger partial charge in [0.25, 0.3) is 5.91 Å². The highest BCUT2D eigenvalue weighted by atomic mass is 35.5. The minimum atomic E-state index is -1.51. The molecule has 0 radical (unpaired) electrons. The molecule has 0 aromatic heterocycles. The van der Waals surface area contributed by atoms with E-state index in [0.29, 0.717) is 0 Å². The zero-order chi connectivity index (χ0) is 13.8. The first-order valence-electron chi connectivity index (χ1n) is 5.19. The van der Waals surface area contributed by atoms with Gasteiger partial charge in [-0.05, 0) is 12.1 Å². The molecule has 1 aromatic rings. The zero-order valence-electron chi connectivity index (χ0n) is 9.56. The smallest absolute Gasteiger partial charge is 0.255 e. The highest BCUT2D eigenvalue weighted by Crippen LogP contribution is 2.22. The molecule has 0 atom stereocenters. The standard InChI is InChI=1S/C11H15ClN2O4/c12-7-2-1-3-8(13)9(7)10(18)14-11(4-15,5-16)6-17/h1-3,15-17H,4-6,13H2,(H,14,18). The van der Waals surface area contributed by atoms with Crippen molar-refractivity contribution in [1.29, 1.82) is 0 Å². The Morgan fingerprint density at radius 1 is 1.28 bits per heavy atom. The Morgan fingerprint density at radius 2 is 1.83 bits per heavy atom. The number of carbonyl (C=O) groups excluding carboxylic acids is 1. The Bertz CT molecular complexity index is 407. The predicted octanol–water partition coefficient (Wildman–Crippen LogP) is -0.632. The van der Waals surface area contributed by atoms with Gasteiger partial charge >= 0.3 is 0 Å². The Balaban J connectivity index is 3.02. The molecule has 1 rings (SSSR count). The van der Waals surface area contributed by atoms with Crippen LogP contribution in [0, 0.1) is 0 Å². The van der Waals surface area contributed by atoms with Crippen LogP contribution in [0.15, 0.2) is 18.2 Å². The lowest BCUT2D eigenvalue weighted by atomic mass is 10.0. The van der Waals surface area contributed by atoms with E-state index in [2.05, 4.69) is 5.32 Å². The summed E-state index contributed by atoms with van der Waals surface area (Å²) < 4.78 is 0. The summed E-state index contributed by atoms with van der Waals surface area (Å²) in [6, 6.07) is 4.58. The van der Waals surface area contributed by atoms with Crippen LogP contribution in [0.2, 0.25) is 5.02 Å². The lowest BCUT2D eigenvalue weighted by Crippen LogP contribution is -2.57. The monoisotopic (exact) mass is 274 g/mol. The van der Waals surface area contributed by atoms with E-state index in [0.717, 1.165) is 0 Å². The number of carbonyl (C=O) groups is 1. The number of amides is 1. The molecule has 0 spiro atoms. The maximum atomic E-state index is 12.0. The molecule has 1 amide bonds. The quantitative estimate of drug-likeness (QED) is 0.459. The summed E-state index contributed by atoms with van der Waals surface area (Å²) in [5.74, 6) is -0.671. The third kappa shape index (κ3) is 2.91. The van der Waals surface area contributed by atoms with Crippen molar-refractivity contribution in [3.63, 3.8) is 0 Å². The van der Waals surface area contributed by atoms with Crippen LogP contribution in [0.1, 0.15) is 10.4 Å². The molecule has 0 aliphatic rings.